The summed E-state index contributed by atoms with van der Waals surface area (Å²) in [5.41, 5.74) is 0.691. The summed E-state index contributed by atoms with van der Waals surface area (Å²) in [7, 11) is 0. The molecule has 1 fully saturated rings. The zero-order valence-corrected chi connectivity index (χ0v) is 10.9. The van der Waals surface area contributed by atoms with Crippen molar-refractivity contribution in [2.75, 3.05) is 32.9 Å². The molecule has 0 aliphatic carbocycles. The van der Waals surface area contributed by atoms with E-state index in [4.69, 9.17) is 11.6 Å². The molecule has 0 spiro atoms. The van der Waals surface area contributed by atoms with E-state index in [0.29, 0.717) is 17.0 Å². The monoisotopic (exact) mass is 274 g/mol. The largest absolute Gasteiger partial charge is 0.314 e. The van der Waals surface area contributed by atoms with E-state index in [9.17, 15) is 8.78 Å². The zero-order chi connectivity index (χ0) is 13.0. The molecule has 0 saturated carbocycles. The lowest BCUT2D eigenvalue weighted by Crippen LogP contribution is -2.45. The van der Waals surface area contributed by atoms with Gasteiger partial charge in [-0.05, 0) is 30.2 Å². The molecule has 1 saturated heterocycles. The Bertz CT molecular complexity index is 395. The van der Waals surface area contributed by atoms with Gasteiger partial charge in [0.15, 0.2) is 0 Å². The Morgan fingerprint density at radius 1 is 1.33 bits per heavy atom. The number of piperazine rings is 1. The first-order chi connectivity index (χ1) is 8.72. The number of nitrogens with zero attached hydrogens (tertiary/aromatic N) is 1. The number of benzene rings is 1. The van der Waals surface area contributed by atoms with Crippen LogP contribution in [0.5, 0.6) is 0 Å². The topological polar surface area (TPSA) is 15.3 Å². The molecule has 0 aromatic heterocycles. The van der Waals surface area contributed by atoms with Crippen molar-refractivity contribution >= 4 is 11.6 Å². The van der Waals surface area contributed by atoms with Crippen LogP contribution in [0.4, 0.5) is 8.78 Å². The number of halogens is 3. The van der Waals surface area contributed by atoms with Gasteiger partial charge in [0.1, 0.15) is 5.82 Å². The molecule has 2 nitrogen and oxygen atoms in total. The number of rotatable bonds is 4. The highest BCUT2D eigenvalue weighted by Gasteiger charge is 2.24. The fourth-order valence-corrected chi connectivity index (χ4v) is 2.65. The molecule has 1 atom stereocenters. The summed E-state index contributed by atoms with van der Waals surface area (Å²) in [4.78, 5) is 2.16. The quantitative estimate of drug-likeness (QED) is 0.908. The van der Waals surface area contributed by atoms with Gasteiger partial charge in [0.2, 0.25) is 0 Å². The van der Waals surface area contributed by atoms with E-state index in [1.807, 2.05) is 0 Å². The van der Waals surface area contributed by atoms with Crippen molar-refractivity contribution in [3.05, 3.63) is 34.6 Å². The van der Waals surface area contributed by atoms with Gasteiger partial charge >= 0.3 is 0 Å². The lowest BCUT2D eigenvalue weighted by Gasteiger charge is -2.35. The molecular formula is C13H17ClF2N2. The van der Waals surface area contributed by atoms with Gasteiger partial charge in [-0.3, -0.25) is 9.29 Å². The summed E-state index contributed by atoms with van der Waals surface area (Å²) in [5.74, 6) is -0.326. The molecule has 1 aliphatic rings. The second-order valence-corrected chi connectivity index (χ2v) is 4.85. The molecule has 1 aromatic rings. The number of hydrogen-bond acceptors (Lipinski definition) is 2. The molecule has 0 amide bonds. The lowest BCUT2D eigenvalue weighted by atomic mass is 10.0. The van der Waals surface area contributed by atoms with E-state index >= 15 is 0 Å². The SMILES string of the molecule is FCC[C@H](c1cc(F)ccc1Cl)N1CCNCC1. The second-order valence-electron chi connectivity index (χ2n) is 4.45. The average Bonchev–Trinajstić information content (AvgIpc) is 2.40. The maximum atomic E-state index is 13.3. The van der Waals surface area contributed by atoms with Crippen LogP contribution in [0.3, 0.4) is 0 Å². The van der Waals surface area contributed by atoms with Crippen LogP contribution in [0.1, 0.15) is 18.0 Å². The molecule has 5 heteroatoms. The van der Waals surface area contributed by atoms with Crippen molar-refractivity contribution < 1.29 is 8.78 Å². The first kappa shape index (κ1) is 13.7. The number of nitrogens with one attached hydrogen (secondary N) is 1. The Morgan fingerprint density at radius 2 is 2.06 bits per heavy atom. The van der Waals surface area contributed by atoms with Gasteiger partial charge < -0.3 is 5.32 Å². The summed E-state index contributed by atoms with van der Waals surface area (Å²) < 4.78 is 26.1. The highest BCUT2D eigenvalue weighted by Crippen LogP contribution is 2.31. The molecule has 18 heavy (non-hydrogen) atoms. The zero-order valence-electron chi connectivity index (χ0n) is 10.1. The average molecular weight is 275 g/mol. The smallest absolute Gasteiger partial charge is 0.123 e. The van der Waals surface area contributed by atoms with Crippen LogP contribution in [0.25, 0.3) is 0 Å². The van der Waals surface area contributed by atoms with Gasteiger partial charge in [0, 0.05) is 37.2 Å². The summed E-state index contributed by atoms with van der Waals surface area (Å²) in [5, 5.41) is 3.75. The van der Waals surface area contributed by atoms with E-state index in [0.717, 1.165) is 26.2 Å². The minimum Gasteiger partial charge on any atom is -0.314 e. The molecule has 0 unspecified atom stereocenters. The Balaban J connectivity index is 2.24. The molecular weight excluding hydrogens is 258 g/mol. The Kier molecular flexibility index (Phi) is 4.92. The van der Waals surface area contributed by atoms with Crippen molar-refractivity contribution in [1.82, 2.24) is 10.2 Å². The highest BCUT2D eigenvalue weighted by molar-refractivity contribution is 6.31. The Labute approximate surface area is 111 Å². The van der Waals surface area contributed by atoms with E-state index in [1.54, 1.807) is 6.07 Å². The predicted octanol–water partition coefficient (Wildman–Crippen LogP) is 2.79. The van der Waals surface area contributed by atoms with Crippen molar-refractivity contribution in [3.8, 4) is 0 Å². The van der Waals surface area contributed by atoms with E-state index in [-0.39, 0.29) is 11.9 Å². The van der Waals surface area contributed by atoms with Crippen molar-refractivity contribution in [2.45, 2.75) is 12.5 Å². The van der Waals surface area contributed by atoms with Crippen LogP contribution in [-0.2, 0) is 0 Å². The maximum Gasteiger partial charge on any atom is 0.123 e. The van der Waals surface area contributed by atoms with Gasteiger partial charge in [0.05, 0.1) is 6.67 Å². The first-order valence-corrected chi connectivity index (χ1v) is 6.56. The third-order valence-corrected chi connectivity index (χ3v) is 3.64. The summed E-state index contributed by atoms with van der Waals surface area (Å²) in [6.45, 7) is 2.97. The van der Waals surface area contributed by atoms with Gasteiger partial charge in [-0.2, -0.15) is 0 Å². The number of alkyl halides is 1. The molecule has 0 radical (unpaired) electrons. The maximum absolute atomic E-state index is 13.3. The molecule has 1 N–H and O–H groups in total. The first-order valence-electron chi connectivity index (χ1n) is 6.18. The van der Waals surface area contributed by atoms with E-state index in [2.05, 4.69) is 10.2 Å². The Morgan fingerprint density at radius 3 is 2.72 bits per heavy atom. The van der Waals surface area contributed by atoms with E-state index in [1.165, 1.54) is 12.1 Å². The third kappa shape index (κ3) is 3.19. The second kappa shape index (κ2) is 6.45. The van der Waals surface area contributed by atoms with Crippen molar-refractivity contribution in [1.29, 1.82) is 0 Å². The van der Waals surface area contributed by atoms with Gasteiger partial charge in [-0.15, -0.1) is 0 Å². The van der Waals surface area contributed by atoms with Crippen LogP contribution in [-0.4, -0.2) is 37.8 Å². The molecule has 1 aliphatic heterocycles. The molecule has 100 valence electrons. The fourth-order valence-electron chi connectivity index (χ4n) is 2.40. The normalized spacial score (nSPS) is 18.8. The lowest BCUT2D eigenvalue weighted by molar-refractivity contribution is 0.157. The predicted molar refractivity (Wildman–Crippen MR) is 69.2 cm³/mol. The molecule has 2 rings (SSSR count). The van der Waals surface area contributed by atoms with Crippen LogP contribution in [0.15, 0.2) is 18.2 Å². The Hall–Kier alpha value is -0.710. The number of hydrogen-bond donors (Lipinski definition) is 1. The fraction of sp³-hybridized carbons (Fsp3) is 0.538. The van der Waals surface area contributed by atoms with Crippen LogP contribution in [0, 0.1) is 5.82 Å². The molecule has 1 heterocycles. The van der Waals surface area contributed by atoms with Gasteiger partial charge in [-0.25, -0.2) is 4.39 Å². The van der Waals surface area contributed by atoms with Crippen LogP contribution >= 0.6 is 11.6 Å². The molecule has 0 bridgehead atoms. The summed E-state index contributed by atoms with van der Waals surface area (Å²) in [6, 6.07) is 4.15. The van der Waals surface area contributed by atoms with Gasteiger partial charge in [0.25, 0.3) is 0 Å². The summed E-state index contributed by atoms with van der Waals surface area (Å²) in [6.07, 6.45) is 0.350. The van der Waals surface area contributed by atoms with Crippen LogP contribution in [0.2, 0.25) is 5.02 Å². The van der Waals surface area contributed by atoms with Crippen molar-refractivity contribution in [3.63, 3.8) is 0 Å². The third-order valence-electron chi connectivity index (χ3n) is 3.29. The standard InChI is InChI=1S/C13H17ClF2N2/c14-12-2-1-10(16)9-11(12)13(3-4-15)18-7-5-17-6-8-18/h1-2,9,13,17H,3-8H2/t13-/m1/s1. The highest BCUT2D eigenvalue weighted by atomic mass is 35.5. The molecule has 1 aromatic carbocycles. The van der Waals surface area contributed by atoms with Crippen LogP contribution < -0.4 is 5.32 Å². The van der Waals surface area contributed by atoms with E-state index < -0.39 is 6.67 Å². The van der Waals surface area contributed by atoms with Crippen molar-refractivity contribution in [2.24, 2.45) is 0 Å². The van der Waals surface area contributed by atoms with Gasteiger partial charge in [-0.1, -0.05) is 11.6 Å². The minimum absolute atomic E-state index is 0.139. The minimum atomic E-state index is -0.429. The summed E-state index contributed by atoms with van der Waals surface area (Å²) >= 11 is 6.11.